The molecule has 23 heavy (non-hydrogen) atoms. The molecule has 5 heteroatoms. The van der Waals surface area contributed by atoms with Crippen LogP contribution in [0.25, 0.3) is 11.3 Å². The molecule has 0 atom stereocenters. The van der Waals surface area contributed by atoms with Gasteiger partial charge in [-0.15, -0.1) is 12.4 Å². The largest absolute Gasteiger partial charge is 0.352 e. The van der Waals surface area contributed by atoms with Gasteiger partial charge in [-0.3, -0.25) is 9.78 Å². The van der Waals surface area contributed by atoms with Crippen LogP contribution in [-0.2, 0) is 11.3 Å². The van der Waals surface area contributed by atoms with E-state index >= 15 is 0 Å². The molecule has 1 saturated heterocycles. The van der Waals surface area contributed by atoms with Gasteiger partial charge in [0.2, 0.25) is 5.91 Å². The number of aromatic nitrogens is 1. The number of benzene rings is 1. The first-order valence-corrected chi connectivity index (χ1v) is 7.82. The van der Waals surface area contributed by atoms with Crippen molar-refractivity contribution in [2.45, 2.75) is 19.4 Å². The van der Waals surface area contributed by atoms with Gasteiger partial charge in [0.25, 0.3) is 0 Å². The molecule has 1 aliphatic rings. The van der Waals surface area contributed by atoms with Crippen LogP contribution in [0.15, 0.2) is 48.7 Å². The number of nitrogens with one attached hydrogen (secondary N) is 2. The van der Waals surface area contributed by atoms with E-state index in [1.54, 1.807) is 6.20 Å². The van der Waals surface area contributed by atoms with Crippen LogP contribution in [0.2, 0.25) is 0 Å². The van der Waals surface area contributed by atoms with Gasteiger partial charge in [-0.1, -0.05) is 24.3 Å². The van der Waals surface area contributed by atoms with E-state index in [1.165, 1.54) is 0 Å². The van der Waals surface area contributed by atoms with Gasteiger partial charge < -0.3 is 10.6 Å². The molecule has 122 valence electrons. The molecule has 0 unspecified atom stereocenters. The molecule has 1 aromatic carbocycles. The van der Waals surface area contributed by atoms with Crippen LogP contribution in [0.5, 0.6) is 0 Å². The molecule has 1 aromatic heterocycles. The molecular formula is C18H22ClN3O. The summed E-state index contributed by atoms with van der Waals surface area (Å²) >= 11 is 0. The third-order valence-corrected chi connectivity index (χ3v) is 4.06. The second-order valence-corrected chi connectivity index (χ2v) is 5.66. The van der Waals surface area contributed by atoms with Crippen molar-refractivity contribution in [2.75, 3.05) is 13.1 Å². The Morgan fingerprint density at radius 1 is 1.17 bits per heavy atom. The maximum atomic E-state index is 12.2. The van der Waals surface area contributed by atoms with Gasteiger partial charge in [0.05, 0.1) is 5.69 Å². The zero-order chi connectivity index (χ0) is 15.2. The van der Waals surface area contributed by atoms with E-state index in [0.29, 0.717) is 6.54 Å². The normalized spacial score (nSPS) is 14.8. The Kier molecular flexibility index (Phi) is 6.56. The molecule has 1 amide bonds. The number of halogens is 1. The molecule has 0 aliphatic carbocycles. The van der Waals surface area contributed by atoms with Gasteiger partial charge in [-0.05, 0) is 49.7 Å². The molecule has 1 aliphatic heterocycles. The first kappa shape index (κ1) is 17.4. The molecule has 3 rings (SSSR count). The number of piperidine rings is 1. The predicted octanol–water partition coefficient (Wildman–Crippen LogP) is 2.79. The van der Waals surface area contributed by atoms with E-state index in [0.717, 1.165) is 42.8 Å². The van der Waals surface area contributed by atoms with Crippen molar-refractivity contribution in [1.82, 2.24) is 15.6 Å². The second-order valence-electron chi connectivity index (χ2n) is 5.66. The van der Waals surface area contributed by atoms with Crippen molar-refractivity contribution in [2.24, 2.45) is 5.92 Å². The van der Waals surface area contributed by atoms with Crippen molar-refractivity contribution in [3.05, 3.63) is 54.2 Å². The molecule has 2 heterocycles. The molecular weight excluding hydrogens is 310 g/mol. The van der Waals surface area contributed by atoms with Crippen molar-refractivity contribution in [3.63, 3.8) is 0 Å². The Balaban J connectivity index is 0.00000192. The van der Waals surface area contributed by atoms with Crippen LogP contribution in [0, 0.1) is 5.92 Å². The van der Waals surface area contributed by atoms with E-state index < -0.39 is 0 Å². The lowest BCUT2D eigenvalue weighted by Crippen LogP contribution is -2.37. The van der Waals surface area contributed by atoms with E-state index in [1.807, 2.05) is 36.4 Å². The molecule has 2 aromatic rings. The van der Waals surface area contributed by atoms with E-state index in [4.69, 9.17) is 0 Å². The highest BCUT2D eigenvalue weighted by Gasteiger charge is 2.20. The zero-order valence-corrected chi connectivity index (χ0v) is 13.8. The summed E-state index contributed by atoms with van der Waals surface area (Å²) in [7, 11) is 0. The summed E-state index contributed by atoms with van der Waals surface area (Å²) in [5.41, 5.74) is 3.13. The summed E-state index contributed by atoms with van der Waals surface area (Å²) in [5, 5.41) is 6.34. The van der Waals surface area contributed by atoms with Gasteiger partial charge in [0.1, 0.15) is 0 Å². The minimum Gasteiger partial charge on any atom is -0.352 e. The van der Waals surface area contributed by atoms with Crippen LogP contribution in [0.4, 0.5) is 0 Å². The second kappa shape index (κ2) is 8.65. The smallest absolute Gasteiger partial charge is 0.223 e. The third-order valence-electron chi connectivity index (χ3n) is 4.06. The molecule has 2 N–H and O–H groups in total. The fourth-order valence-electron chi connectivity index (χ4n) is 2.79. The Hall–Kier alpha value is -1.91. The minimum absolute atomic E-state index is 0. The Morgan fingerprint density at radius 3 is 2.74 bits per heavy atom. The summed E-state index contributed by atoms with van der Waals surface area (Å²) in [4.78, 5) is 16.5. The van der Waals surface area contributed by atoms with E-state index in [-0.39, 0.29) is 24.2 Å². The Morgan fingerprint density at radius 2 is 2.00 bits per heavy atom. The quantitative estimate of drug-likeness (QED) is 0.905. The van der Waals surface area contributed by atoms with Crippen molar-refractivity contribution in [3.8, 4) is 11.3 Å². The SMILES string of the molecule is Cl.O=C(NCc1cccc(-c2ccccn2)c1)C1CCNCC1. The standard InChI is InChI=1S/C18H21N3O.ClH/c22-18(15-7-10-19-11-8-15)21-13-14-4-3-5-16(12-14)17-6-1-2-9-20-17;/h1-6,9,12,15,19H,7-8,10-11,13H2,(H,21,22);1H. The zero-order valence-electron chi connectivity index (χ0n) is 13.0. The minimum atomic E-state index is 0. The van der Waals surface area contributed by atoms with Crippen molar-refractivity contribution >= 4 is 18.3 Å². The number of hydrogen-bond donors (Lipinski definition) is 2. The summed E-state index contributed by atoms with van der Waals surface area (Å²) in [6.45, 7) is 2.45. The fraction of sp³-hybridized carbons (Fsp3) is 0.333. The first-order chi connectivity index (χ1) is 10.8. The fourth-order valence-corrected chi connectivity index (χ4v) is 2.79. The number of carbonyl (C=O) groups is 1. The van der Waals surface area contributed by atoms with E-state index in [9.17, 15) is 4.79 Å². The lowest BCUT2D eigenvalue weighted by molar-refractivity contribution is -0.125. The van der Waals surface area contributed by atoms with Crippen LogP contribution in [0.3, 0.4) is 0 Å². The van der Waals surface area contributed by atoms with Crippen LogP contribution >= 0.6 is 12.4 Å². The third kappa shape index (κ3) is 4.78. The number of nitrogens with zero attached hydrogens (tertiary/aromatic N) is 1. The highest BCUT2D eigenvalue weighted by Crippen LogP contribution is 2.18. The lowest BCUT2D eigenvalue weighted by Gasteiger charge is -2.21. The van der Waals surface area contributed by atoms with Gasteiger partial charge in [-0.25, -0.2) is 0 Å². The van der Waals surface area contributed by atoms with E-state index in [2.05, 4.69) is 21.7 Å². The molecule has 0 bridgehead atoms. The van der Waals surface area contributed by atoms with Crippen LogP contribution in [-0.4, -0.2) is 24.0 Å². The van der Waals surface area contributed by atoms with Crippen molar-refractivity contribution in [1.29, 1.82) is 0 Å². The summed E-state index contributed by atoms with van der Waals surface area (Å²) < 4.78 is 0. The predicted molar refractivity (Wildman–Crippen MR) is 94.4 cm³/mol. The topological polar surface area (TPSA) is 54.0 Å². The Labute approximate surface area is 143 Å². The number of rotatable bonds is 4. The number of pyridine rings is 1. The number of carbonyl (C=O) groups excluding carboxylic acids is 1. The molecule has 0 saturated carbocycles. The molecule has 4 nitrogen and oxygen atoms in total. The average Bonchev–Trinajstić information content (AvgIpc) is 2.61. The van der Waals surface area contributed by atoms with Crippen molar-refractivity contribution < 1.29 is 4.79 Å². The summed E-state index contributed by atoms with van der Waals surface area (Å²) in [6, 6.07) is 14.1. The molecule has 0 spiro atoms. The lowest BCUT2D eigenvalue weighted by atomic mass is 9.97. The first-order valence-electron chi connectivity index (χ1n) is 7.82. The molecule has 0 radical (unpaired) electrons. The summed E-state index contributed by atoms with van der Waals surface area (Å²) in [5.74, 6) is 0.324. The highest BCUT2D eigenvalue weighted by atomic mass is 35.5. The van der Waals surface area contributed by atoms with Gasteiger partial charge in [0, 0.05) is 24.2 Å². The van der Waals surface area contributed by atoms with Gasteiger partial charge >= 0.3 is 0 Å². The molecule has 1 fully saturated rings. The maximum Gasteiger partial charge on any atom is 0.223 e. The summed E-state index contributed by atoms with van der Waals surface area (Å²) in [6.07, 6.45) is 3.65. The monoisotopic (exact) mass is 331 g/mol. The van der Waals surface area contributed by atoms with Crippen LogP contribution < -0.4 is 10.6 Å². The Bertz CT molecular complexity index is 627. The average molecular weight is 332 g/mol. The maximum absolute atomic E-state index is 12.2. The number of amides is 1. The number of hydrogen-bond acceptors (Lipinski definition) is 3. The highest BCUT2D eigenvalue weighted by molar-refractivity contribution is 5.85. The van der Waals surface area contributed by atoms with Gasteiger partial charge in [-0.2, -0.15) is 0 Å². The van der Waals surface area contributed by atoms with Crippen LogP contribution in [0.1, 0.15) is 18.4 Å². The van der Waals surface area contributed by atoms with Gasteiger partial charge in [0.15, 0.2) is 0 Å².